The molecule has 108 valence electrons. The molecule has 0 atom stereocenters. The van der Waals surface area contributed by atoms with Gasteiger partial charge in [0.1, 0.15) is 11.0 Å². The average Bonchev–Trinajstić information content (AvgIpc) is 2.48. The van der Waals surface area contributed by atoms with Crippen LogP contribution in [0.5, 0.6) is 0 Å². The summed E-state index contributed by atoms with van der Waals surface area (Å²) in [7, 11) is -3.94. The minimum atomic E-state index is -3.94. The van der Waals surface area contributed by atoms with Gasteiger partial charge in [0.2, 0.25) is 0 Å². The molecule has 0 aliphatic rings. The molecule has 0 spiro atoms. The normalized spacial score (nSPS) is 11.0. The van der Waals surface area contributed by atoms with Crippen molar-refractivity contribution in [2.75, 3.05) is 4.72 Å². The summed E-state index contributed by atoms with van der Waals surface area (Å²) in [5.74, 6) is 0. The van der Waals surface area contributed by atoms with Crippen molar-refractivity contribution in [1.82, 2.24) is 0 Å². The summed E-state index contributed by atoms with van der Waals surface area (Å²) in [5.41, 5.74) is 0.182. The van der Waals surface area contributed by atoms with E-state index >= 15 is 0 Å². The van der Waals surface area contributed by atoms with Crippen LogP contribution in [0.4, 0.5) is 5.69 Å². The van der Waals surface area contributed by atoms with Crippen LogP contribution in [0.3, 0.4) is 0 Å². The molecule has 0 saturated heterocycles. The van der Waals surface area contributed by atoms with Gasteiger partial charge in [0.05, 0.1) is 21.3 Å². The summed E-state index contributed by atoms with van der Waals surface area (Å²) in [6.45, 7) is 0. The van der Waals surface area contributed by atoms with E-state index in [1.165, 1.54) is 24.3 Å². The van der Waals surface area contributed by atoms with E-state index in [0.717, 1.165) is 0 Å². The van der Waals surface area contributed by atoms with Crippen LogP contribution in [0.2, 0.25) is 10.0 Å². The minimum absolute atomic E-state index is 0.0457. The largest absolute Gasteiger partial charge is 0.278 e. The molecule has 0 aromatic heterocycles. The second kappa shape index (κ2) is 6.24. The van der Waals surface area contributed by atoms with E-state index in [1.54, 1.807) is 12.1 Å². The predicted molar refractivity (Wildman–Crippen MR) is 86.1 cm³/mol. The summed E-state index contributed by atoms with van der Waals surface area (Å²) >= 11 is 15.2. The van der Waals surface area contributed by atoms with Crippen LogP contribution < -0.4 is 4.72 Å². The van der Waals surface area contributed by atoms with Crippen molar-refractivity contribution in [3.05, 3.63) is 56.5 Å². The zero-order valence-corrected chi connectivity index (χ0v) is 14.2. The van der Waals surface area contributed by atoms with Crippen molar-refractivity contribution in [2.45, 2.75) is 4.90 Å². The van der Waals surface area contributed by atoms with Crippen molar-refractivity contribution < 1.29 is 8.42 Å². The van der Waals surface area contributed by atoms with Crippen molar-refractivity contribution in [2.24, 2.45) is 0 Å². The van der Waals surface area contributed by atoms with E-state index in [2.05, 4.69) is 20.7 Å². The summed E-state index contributed by atoms with van der Waals surface area (Å²) in [5, 5.41) is 9.26. The summed E-state index contributed by atoms with van der Waals surface area (Å²) in [6.07, 6.45) is 0. The maximum atomic E-state index is 12.4. The molecule has 0 amide bonds. The summed E-state index contributed by atoms with van der Waals surface area (Å²) in [4.78, 5) is -0.123. The first-order valence-electron chi connectivity index (χ1n) is 5.52. The number of rotatable bonds is 3. The molecule has 21 heavy (non-hydrogen) atoms. The number of nitriles is 1. The maximum Gasteiger partial charge on any atom is 0.263 e. The van der Waals surface area contributed by atoms with Crippen LogP contribution in [-0.2, 0) is 10.0 Å². The molecule has 0 fully saturated rings. The molecule has 0 aliphatic heterocycles. The van der Waals surface area contributed by atoms with Gasteiger partial charge in [0.25, 0.3) is 10.0 Å². The molecule has 2 aromatic rings. The molecule has 8 heteroatoms. The van der Waals surface area contributed by atoms with Gasteiger partial charge in [-0.1, -0.05) is 35.3 Å². The molecule has 0 heterocycles. The van der Waals surface area contributed by atoms with Gasteiger partial charge in [-0.25, -0.2) is 8.42 Å². The predicted octanol–water partition coefficient (Wildman–Crippen LogP) is 4.43. The first-order chi connectivity index (χ1) is 9.86. The highest BCUT2D eigenvalue weighted by molar-refractivity contribution is 9.10. The molecule has 0 bridgehead atoms. The topological polar surface area (TPSA) is 70.0 Å². The van der Waals surface area contributed by atoms with Gasteiger partial charge in [-0.15, -0.1) is 0 Å². The Morgan fingerprint density at radius 3 is 2.43 bits per heavy atom. The molecule has 0 unspecified atom stereocenters. The fraction of sp³-hybridized carbons (Fsp3) is 0. The highest BCUT2D eigenvalue weighted by Crippen LogP contribution is 2.36. The second-order valence-electron chi connectivity index (χ2n) is 3.94. The van der Waals surface area contributed by atoms with E-state index in [0.29, 0.717) is 4.47 Å². The van der Waals surface area contributed by atoms with Crippen molar-refractivity contribution in [3.63, 3.8) is 0 Å². The Kier molecular flexibility index (Phi) is 4.79. The lowest BCUT2D eigenvalue weighted by molar-refractivity contribution is 0.601. The number of hydrogen-bond acceptors (Lipinski definition) is 3. The quantitative estimate of drug-likeness (QED) is 0.767. The summed E-state index contributed by atoms with van der Waals surface area (Å²) < 4.78 is 27.6. The van der Waals surface area contributed by atoms with Crippen molar-refractivity contribution in [3.8, 4) is 6.07 Å². The second-order valence-corrected chi connectivity index (χ2v) is 7.20. The first kappa shape index (κ1) is 16.1. The number of nitrogens with zero attached hydrogens (tertiary/aromatic N) is 1. The molecular formula is C13H7BrCl2N2O2S. The van der Waals surface area contributed by atoms with Gasteiger partial charge in [-0.2, -0.15) is 5.26 Å². The number of sulfonamides is 1. The third-order valence-electron chi connectivity index (χ3n) is 2.58. The van der Waals surface area contributed by atoms with E-state index in [1.807, 2.05) is 6.07 Å². The van der Waals surface area contributed by atoms with Gasteiger partial charge in [0, 0.05) is 4.47 Å². The van der Waals surface area contributed by atoms with Crippen molar-refractivity contribution >= 4 is 54.8 Å². The minimum Gasteiger partial charge on any atom is -0.278 e. The summed E-state index contributed by atoms with van der Waals surface area (Å²) in [6, 6.07) is 10.8. The number of hydrogen-bond donors (Lipinski definition) is 1. The zero-order chi connectivity index (χ0) is 15.6. The Labute approximate surface area is 140 Å². The number of benzene rings is 2. The monoisotopic (exact) mass is 404 g/mol. The third-order valence-corrected chi connectivity index (χ3v) is 5.77. The lowest BCUT2D eigenvalue weighted by atomic mass is 10.2. The number of halogens is 3. The van der Waals surface area contributed by atoms with Gasteiger partial charge >= 0.3 is 0 Å². The van der Waals surface area contributed by atoms with E-state index in [4.69, 9.17) is 28.5 Å². The van der Waals surface area contributed by atoms with E-state index in [9.17, 15) is 8.42 Å². The highest BCUT2D eigenvalue weighted by Gasteiger charge is 2.20. The van der Waals surface area contributed by atoms with Crippen LogP contribution in [0.15, 0.2) is 45.8 Å². The van der Waals surface area contributed by atoms with Crippen LogP contribution >= 0.6 is 39.1 Å². The number of nitrogens with one attached hydrogen (secondary N) is 1. The van der Waals surface area contributed by atoms with Crippen LogP contribution in [0.25, 0.3) is 0 Å². The highest BCUT2D eigenvalue weighted by atomic mass is 79.9. The lowest BCUT2D eigenvalue weighted by Gasteiger charge is -2.12. The Morgan fingerprint density at radius 1 is 1.10 bits per heavy atom. The van der Waals surface area contributed by atoms with Gasteiger partial charge in [-0.05, 0) is 40.2 Å². The lowest BCUT2D eigenvalue weighted by Crippen LogP contribution is -2.14. The van der Waals surface area contributed by atoms with Gasteiger partial charge < -0.3 is 0 Å². The van der Waals surface area contributed by atoms with Gasteiger partial charge in [-0.3, -0.25) is 4.72 Å². The maximum absolute atomic E-state index is 12.4. The molecule has 0 radical (unpaired) electrons. The zero-order valence-electron chi connectivity index (χ0n) is 10.3. The Bertz CT molecular complexity index is 848. The fourth-order valence-corrected chi connectivity index (χ4v) is 3.71. The van der Waals surface area contributed by atoms with Crippen LogP contribution in [0.1, 0.15) is 5.56 Å². The molecule has 0 aliphatic carbocycles. The smallest absolute Gasteiger partial charge is 0.263 e. The Morgan fingerprint density at radius 2 is 1.76 bits per heavy atom. The van der Waals surface area contributed by atoms with Crippen molar-refractivity contribution in [1.29, 1.82) is 5.26 Å². The van der Waals surface area contributed by atoms with E-state index < -0.39 is 10.0 Å². The van der Waals surface area contributed by atoms with Crippen LogP contribution in [0, 0.1) is 11.3 Å². The fourth-order valence-electron chi connectivity index (χ4n) is 1.60. The standard InChI is InChI=1S/C13H7BrCl2N2O2S/c14-9-5-6-10(13(16)12(9)15)18-21(19,20)11-4-2-1-3-8(11)7-17/h1-6,18H. The molecular weight excluding hydrogens is 399 g/mol. The molecule has 2 aromatic carbocycles. The molecule has 0 saturated carbocycles. The average molecular weight is 406 g/mol. The number of anilines is 1. The van der Waals surface area contributed by atoms with E-state index in [-0.39, 0.29) is 26.2 Å². The SMILES string of the molecule is N#Cc1ccccc1S(=O)(=O)Nc1ccc(Br)c(Cl)c1Cl. The first-order valence-corrected chi connectivity index (χ1v) is 8.55. The van der Waals surface area contributed by atoms with Gasteiger partial charge in [0.15, 0.2) is 0 Å². The molecule has 2 rings (SSSR count). The Hall–Kier alpha value is -1.26. The van der Waals surface area contributed by atoms with Crippen LogP contribution in [-0.4, -0.2) is 8.42 Å². The molecule has 4 nitrogen and oxygen atoms in total. The Balaban J connectivity index is 2.48. The molecule has 1 N–H and O–H groups in total. The third kappa shape index (κ3) is 3.33.